The summed E-state index contributed by atoms with van der Waals surface area (Å²) >= 11 is 0. The van der Waals surface area contributed by atoms with Crippen LogP contribution < -0.4 is 11.1 Å². The van der Waals surface area contributed by atoms with Gasteiger partial charge in [-0.15, -0.1) is 0 Å². The lowest BCUT2D eigenvalue weighted by Crippen LogP contribution is -2.46. The van der Waals surface area contributed by atoms with Gasteiger partial charge in [-0.1, -0.05) is 35.5 Å². The minimum absolute atomic E-state index is 0.141. The van der Waals surface area contributed by atoms with Gasteiger partial charge in [-0.25, -0.2) is 0 Å². The van der Waals surface area contributed by atoms with Crippen LogP contribution >= 0.6 is 0 Å². The zero-order valence-corrected chi connectivity index (χ0v) is 12.4. The van der Waals surface area contributed by atoms with Crippen LogP contribution in [0.4, 0.5) is 0 Å². The second-order valence-electron chi connectivity index (χ2n) is 5.40. The van der Waals surface area contributed by atoms with Gasteiger partial charge in [0.15, 0.2) is 0 Å². The second kappa shape index (κ2) is 7.97. The number of benzene rings is 1. The van der Waals surface area contributed by atoms with Crippen molar-refractivity contribution < 1.29 is 9.94 Å². The van der Waals surface area contributed by atoms with Crippen LogP contribution in [-0.2, 0) is 4.74 Å². The second-order valence-corrected chi connectivity index (χ2v) is 5.40. The molecule has 2 atom stereocenters. The predicted molar refractivity (Wildman–Crippen MR) is 82.7 cm³/mol. The van der Waals surface area contributed by atoms with Crippen LogP contribution in [-0.4, -0.2) is 61.9 Å². The lowest BCUT2D eigenvalue weighted by atomic mass is 9.98. The van der Waals surface area contributed by atoms with Crippen molar-refractivity contribution in [3.05, 3.63) is 35.9 Å². The molecule has 116 valence electrons. The number of likely N-dealkylation sites (N-methyl/N-ethyl adjacent to an activating group) is 1. The number of rotatable bonds is 6. The number of hydrogen-bond acceptors (Lipinski definition) is 5. The molecule has 4 N–H and O–H groups in total. The van der Waals surface area contributed by atoms with Gasteiger partial charge in [0.25, 0.3) is 0 Å². The van der Waals surface area contributed by atoms with Crippen LogP contribution in [0.15, 0.2) is 35.5 Å². The lowest BCUT2D eigenvalue weighted by Gasteiger charge is -2.30. The Kier molecular flexibility index (Phi) is 5.98. The Balaban J connectivity index is 1.88. The topological polar surface area (TPSA) is 83.1 Å². The molecular formula is C15H24N4O2. The summed E-state index contributed by atoms with van der Waals surface area (Å²) in [7, 11) is 2.10. The lowest BCUT2D eigenvalue weighted by molar-refractivity contribution is -0.0180. The molecule has 21 heavy (non-hydrogen) atoms. The quantitative estimate of drug-likeness (QED) is 0.307. The summed E-state index contributed by atoms with van der Waals surface area (Å²) in [6.07, 6.45) is 0.187. The first-order chi connectivity index (χ1) is 10.2. The Morgan fingerprint density at radius 3 is 2.95 bits per heavy atom. The molecule has 1 aliphatic rings. The van der Waals surface area contributed by atoms with Gasteiger partial charge in [0.05, 0.1) is 18.6 Å². The van der Waals surface area contributed by atoms with E-state index in [0.717, 1.165) is 31.8 Å². The molecule has 1 aromatic carbocycles. The fourth-order valence-electron chi connectivity index (χ4n) is 2.53. The smallest absolute Gasteiger partial charge is 0.147 e. The molecule has 0 spiro atoms. The minimum atomic E-state index is -0.141. The molecule has 2 unspecified atom stereocenters. The first-order valence-corrected chi connectivity index (χ1v) is 7.24. The summed E-state index contributed by atoms with van der Waals surface area (Å²) in [5.74, 6) is 0.0768. The van der Waals surface area contributed by atoms with Gasteiger partial charge in [0.2, 0.25) is 0 Å². The summed E-state index contributed by atoms with van der Waals surface area (Å²) in [6.45, 7) is 4.04. The number of morpholine rings is 1. The first kappa shape index (κ1) is 15.8. The van der Waals surface area contributed by atoms with E-state index in [4.69, 9.17) is 15.7 Å². The van der Waals surface area contributed by atoms with Crippen LogP contribution in [0.2, 0.25) is 0 Å². The van der Waals surface area contributed by atoms with Crippen LogP contribution in [0.5, 0.6) is 0 Å². The van der Waals surface area contributed by atoms with E-state index in [0.29, 0.717) is 6.54 Å². The molecule has 0 saturated carbocycles. The van der Waals surface area contributed by atoms with Crippen molar-refractivity contribution in [3.8, 4) is 0 Å². The molecule has 6 heteroatoms. The predicted octanol–water partition coefficient (Wildman–Crippen LogP) is 0.437. The Morgan fingerprint density at radius 1 is 1.52 bits per heavy atom. The van der Waals surface area contributed by atoms with E-state index < -0.39 is 0 Å². The van der Waals surface area contributed by atoms with Crippen LogP contribution in [0.25, 0.3) is 0 Å². The summed E-state index contributed by atoms with van der Waals surface area (Å²) in [4.78, 5) is 2.26. The maximum absolute atomic E-state index is 8.95. The van der Waals surface area contributed by atoms with Crippen LogP contribution in [0, 0.1) is 0 Å². The fourth-order valence-corrected chi connectivity index (χ4v) is 2.53. The van der Waals surface area contributed by atoms with Gasteiger partial charge in [-0.05, 0) is 12.6 Å². The van der Waals surface area contributed by atoms with E-state index in [1.165, 1.54) is 0 Å². The number of nitrogens with zero attached hydrogens (tertiary/aromatic N) is 2. The molecule has 1 aliphatic heterocycles. The van der Waals surface area contributed by atoms with Crippen molar-refractivity contribution in [2.24, 2.45) is 10.9 Å². The molecular weight excluding hydrogens is 268 g/mol. The molecule has 2 rings (SSSR count). The van der Waals surface area contributed by atoms with Crippen LogP contribution in [0.1, 0.15) is 11.5 Å². The van der Waals surface area contributed by atoms with E-state index in [1.54, 1.807) is 0 Å². The summed E-state index contributed by atoms with van der Waals surface area (Å²) < 4.78 is 5.71. The average Bonchev–Trinajstić information content (AvgIpc) is 2.52. The normalized spacial score (nSPS) is 22.1. The van der Waals surface area contributed by atoms with Crippen molar-refractivity contribution in [2.75, 3.05) is 39.8 Å². The maximum atomic E-state index is 8.95. The summed E-state index contributed by atoms with van der Waals surface area (Å²) in [5, 5.41) is 15.5. The highest BCUT2D eigenvalue weighted by molar-refractivity contribution is 5.87. The van der Waals surface area contributed by atoms with Gasteiger partial charge >= 0.3 is 0 Å². The van der Waals surface area contributed by atoms with Crippen molar-refractivity contribution in [1.82, 2.24) is 10.2 Å². The summed E-state index contributed by atoms with van der Waals surface area (Å²) in [6, 6.07) is 9.81. The standard InChI is InChI=1S/C15H24N4O2/c1-19-7-8-21-13(11-19)9-17-10-14(15(16)18-20)12-5-3-2-4-6-12/h2-6,13-14,17,20H,7-11H2,1H3,(H2,16,18). The Morgan fingerprint density at radius 2 is 2.29 bits per heavy atom. The summed E-state index contributed by atoms with van der Waals surface area (Å²) in [5.41, 5.74) is 6.84. The first-order valence-electron chi connectivity index (χ1n) is 7.24. The van der Waals surface area contributed by atoms with Crippen LogP contribution in [0.3, 0.4) is 0 Å². The number of hydrogen-bond donors (Lipinski definition) is 3. The number of nitrogens with one attached hydrogen (secondary N) is 1. The highest BCUT2D eigenvalue weighted by Crippen LogP contribution is 2.15. The van der Waals surface area contributed by atoms with E-state index >= 15 is 0 Å². The van der Waals surface area contributed by atoms with Gasteiger partial charge in [-0.3, -0.25) is 0 Å². The number of nitrogens with two attached hydrogens (primary N) is 1. The van der Waals surface area contributed by atoms with Gasteiger partial charge in [0, 0.05) is 26.2 Å². The maximum Gasteiger partial charge on any atom is 0.147 e. The van der Waals surface area contributed by atoms with E-state index in [-0.39, 0.29) is 17.9 Å². The molecule has 0 radical (unpaired) electrons. The highest BCUT2D eigenvalue weighted by Gasteiger charge is 2.20. The molecule has 6 nitrogen and oxygen atoms in total. The average molecular weight is 292 g/mol. The minimum Gasteiger partial charge on any atom is -0.409 e. The van der Waals surface area contributed by atoms with E-state index in [9.17, 15) is 0 Å². The number of oxime groups is 1. The van der Waals surface area contributed by atoms with E-state index in [2.05, 4.69) is 22.4 Å². The van der Waals surface area contributed by atoms with E-state index in [1.807, 2.05) is 30.3 Å². The largest absolute Gasteiger partial charge is 0.409 e. The molecule has 0 aromatic heterocycles. The third kappa shape index (κ3) is 4.70. The number of amidine groups is 1. The molecule has 0 amide bonds. The third-order valence-electron chi connectivity index (χ3n) is 3.74. The van der Waals surface area contributed by atoms with Crippen molar-refractivity contribution in [1.29, 1.82) is 0 Å². The highest BCUT2D eigenvalue weighted by atomic mass is 16.5. The molecule has 0 aliphatic carbocycles. The Bertz CT molecular complexity index is 452. The zero-order valence-electron chi connectivity index (χ0n) is 12.4. The van der Waals surface area contributed by atoms with Gasteiger partial charge in [0.1, 0.15) is 5.84 Å². The fraction of sp³-hybridized carbons (Fsp3) is 0.533. The third-order valence-corrected chi connectivity index (χ3v) is 3.74. The molecule has 1 aromatic rings. The zero-order chi connectivity index (χ0) is 15.1. The monoisotopic (exact) mass is 292 g/mol. The molecule has 1 heterocycles. The van der Waals surface area contributed by atoms with Crippen molar-refractivity contribution >= 4 is 5.84 Å². The number of ether oxygens (including phenoxy) is 1. The Hall–Kier alpha value is -1.63. The molecule has 1 saturated heterocycles. The Labute approximate surface area is 125 Å². The molecule has 1 fully saturated rings. The van der Waals surface area contributed by atoms with Crippen molar-refractivity contribution in [2.45, 2.75) is 12.0 Å². The molecule has 0 bridgehead atoms. The van der Waals surface area contributed by atoms with Gasteiger partial charge in [-0.2, -0.15) is 0 Å². The van der Waals surface area contributed by atoms with Gasteiger partial charge < -0.3 is 25.9 Å². The SMILES string of the molecule is CN1CCOC(CNCC(C(N)=NO)c2ccccc2)C1. The van der Waals surface area contributed by atoms with Crippen molar-refractivity contribution in [3.63, 3.8) is 0 Å².